The monoisotopic (exact) mass is 413 g/mol. The van der Waals surface area contributed by atoms with Crippen molar-refractivity contribution in [3.05, 3.63) is 58.2 Å². The van der Waals surface area contributed by atoms with Gasteiger partial charge in [0.2, 0.25) is 5.78 Å². The molecule has 1 aromatic carbocycles. The first-order chi connectivity index (χ1) is 13.9. The standard InChI is InChI=1S/C22H23NO5S/c1-14-11-17(15(2)23(14)10-6-9-21(25)27-3)18(24)13-28-22(26)20-12-16-7-4-5-8-19(16)29-20/h4-5,7-8,11-12H,6,9-10,13H2,1-3H3. The number of hydrogen-bond donors (Lipinski definition) is 0. The van der Waals surface area contributed by atoms with Crippen LogP contribution < -0.4 is 0 Å². The van der Waals surface area contributed by atoms with Gasteiger partial charge in [0.25, 0.3) is 0 Å². The number of esters is 2. The summed E-state index contributed by atoms with van der Waals surface area (Å²) in [5.74, 6) is -0.991. The molecule has 2 heterocycles. The number of hydrogen-bond acceptors (Lipinski definition) is 6. The number of aromatic nitrogens is 1. The van der Waals surface area contributed by atoms with Gasteiger partial charge in [0.1, 0.15) is 4.88 Å². The molecule has 0 bridgehead atoms. The summed E-state index contributed by atoms with van der Waals surface area (Å²) in [5, 5.41) is 0.978. The topological polar surface area (TPSA) is 74.6 Å². The third-order valence-corrected chi connectivity index (χ3v) is 5.92. The van der Waals surface area contributed by atoms with Gasteiger partial charge in [-0.2, -0.15) is 0 Å². The normalized spacial score (nSPS) is 10.9. The Kier molecular flexibility index (Phi) is 6.49. The number of carbonyl (C=O) groups excluding carboxylic acids is 3. The summed E-state index contributed by atoms with van der Waals surface area (Å²) in [4.78, 5) is 36.7. The summed E-state index contributed by atoms with van der Waals surface area (Å²) in [6, 6.07) is 11.3. The molecule has 0 aliphatic rings. The fourth-order valence-corrected chi connectivity index (χ4v) is 4.23. The lowest BCUT2D eigenvalue weighted by Gasteiger charge is -2.09. The van der Waals surface area contributed by atoms with Gasteiger partial charge >= 0.3 is 11.9 Å². The van der Waals surface area contributed by atoms with Crippen molar-refractivity contribution < 1.29 is 23.9 Å². The summed E-state index contributed by atoms with van der Waals surface area (Å²) < 4.78 is 12.9. The lowest BCUT2D eigenvalue weighted by Crippen LogP contribution is -2.14. The lowest BCUT2D eigenvalue weighted by molar-refractivity contribution is -0.140. The maximum absolute atomic E-state index is 12.6. The minimum Gasteiger partial charge on any atom is -0.469 e. The Hall–Kier alpha value is -2.93. The molecule has 0 amide bonds. The van der Waals surface area contributed by atoms with Crippen LogP contribution in [0, 0.1) is 13.8 Å². The van der Waals surface area contributed by atoms with Crippen molar-refractivity contribution in [3.63, 3.8) is 0 Å². The first kappa shape index (κ1) is 20.8. The number of rotatable bonds is 8. The zero-order valence-electron chi connectivity index (χ0n) is 16.7. The van der Waals surface area contributed by atoms with Crippen molar-refractivity contribution in [2.24, 2.45) is 0 Å². The van der Waals surface area contributed by atoms with Crippen molar-refractivity contribution in [2.75, 3.05) is 13.7 Å². The van der Waals surface area contributed by atoms with Crippen LogP contribution in [0.2, 0.25) is 0 Å². The van der Waals surface area contributed by atoms with Crippen LogP contribution in [0.1, 0.15) is 44.3 Å². The predicted molar refractivity (Wildman–Crippen MR) is 112 cm³/mol. The van der Waals surface area contributed by atoms with E-state index in [-0.39, 0.29) is 18.4 Å². The van der Waals surface area contributed by atoms with Crippen LogP contribution in [-0.2, 0) is 20.8 Å². The number of ether oxygens (including phenoxy) is 2. The maximum atomic E-state index is 12.6. The van der Waals surface area contributed by atoms with Gasteiger partial charge in [-0.1, -0.05) is 18.2 Å². The first-order valence-electron chi connectivity index (χ1n) is 9.33. The smallest absolute Gasteiger partial charge is 0.348 e. The first-order valence-corrected chi connectivity index (χ1v) is 10.1. The van der Waals surface area contributed by atoms with Crippen molar-refractivity contribution in [3.8, 4) is 0 Å². The Morgan fingerprint density at radius 2 is 1.86 bits per heavy atom. The number of ketones is 1. The van der Waals surface area contributed by atoms with Gasteiger partial charge in [-0.05, 0) is 43.9 Å². The molecule has 29 heavy (non-hydrogen) atoms. The molecule has 0 aliphatic heterocycles. The predicted octanol–water partition coefficient (Wildman–Crippen LogP) is 4.31. The molecular formula is C22H23NO5S. The Bertz CT molecular complexity index is 1030. The molecule has 0 aliphatic carbocycles. The SMILES string of the molecule is COC(=O)CCCn1c(C)cc(C(=O)COC(=O)c2cc3ccccc3s2)c1C. The summed E-state index contributed by atoms with van der Waals surface area (Å²) in [7, 11) is 1.37. The van der Waals surface area contributed by atoms with E-state index in [4.69, 9.17) is 4.74 Å². The van der Waals surface area contributed by atoms with Crippen LogP contribution in [-0.4, -0.2) is 36.0 Å². The van der Waals surface area contributed by atoms with Gasteiger partial charge in [-0.25, -0.2) is 4.79 Å². The molecule has 0 N–H and O–H groups in total. The van der Waals surface area contributed by atoms with E-state index in [9.17, 15) is 14.4 Å². The quantitative estimate of drug-likeness (QED) is 0.406. The molecule has 0 fully saturated rings. The summed E-state index contributed by atoms with van der Waals surface area (Å²) in [6.07, 6.45) is 0.946. The van der Waals surface area contributed by atoms with Gasteiger partial charge in [-0.15, -0.1) is 11.3 Å². The molecule has 0 radical (unpaired) electrons. The van der Waals surface area contributed by atoms with Crippen molar-refractivity contribution in [1.82, 2.24) is 4.57 Å². The molecule has 152 valence electrons. The number of nitrogens with zero attached hydrogens (tertiary/aromatic N) is 1. The van der Waals surface area contributed by atoms with E-state index >= 15 is 0 Å². The number of thiophene rings is 1. The molecule has 3 aromatic rings. The zero-order chi connectivity index (χ0) is 21.0. The van der Waals surface area contributed by atoms with Gasteiger partial charge in [0.15, 0.2) is 6.61 Å². The molecule has 0 saturated heterocycles. The van der Waals surface area contributed by atoms with Crippen LogP contribution in [0.15, 0.2) is 36.4 Å². The van der Waals surface area contributed by atoms with Crippen LogP contribution in [0.3, 0.4) is 0 Å². The Morgan fingerprint density at radius 3 is 2.59 bits per heavy atom. The van der Waals surface area contributed by atoms with Gasteiger partial charge < -0.3 is 14.0 Å². The van der Waals surface area contributed by atoms with Crippen molar-refractivity contribution in [2.45, 2.75) is 33.2 Å². The second-order valence-corrected chi connectivity index (χ2v) is 7.85. The molecule has 6 nitrogen and oxygen atoms in total. The van der Waals surface area contributed by atoms with Crippen molar-refractivity contribution >= 4 is 39.1 Å². The molecular weight excluding hydrogens is 390 g/mol. The number of Topliss-reactive ketones (excluding diaryl/α,β-unsaturated/α-hetero) is 1. The molecule has 0 spiro atoms. The van der Waals surface area contributed by atoms with Crippen LogP contribution in [0.4, 0.5) is 0 Å². The molecule has 2 aromatic heterocycles. The summed E-state index contributed by atoms with van der Waals surface area (Å²) in [6.45, 7) is 4.07. The molecule has 0 saturated carbocycles. The highest BCUT2D eigenvalue weighted by Crippen LogP contribution is 2.26. The van der Waals surface area contributed by atoms with Gasteiger partial charge in [-0.3, -0.25) is 9.59 Å². The maximum Gasteiger partial charge on any atom is 0.348 e. The minimum absolute atomic E-state index is 0.244. The Morgan fingerprint density at radius 1 is 1.10 bits per heavy atom. The van der Waals surface area contributed by atoms with E-state index in [0.29, 0.717) is 29.8 Å². The van der Waals surface area contributed by atoms with E-state index in [1.165, 1.54) is 18.4 Å². The molecule has 0 atom stereocenters. The van der Waals surface area contributed by atoms with E-state index < -0.39 is 5.97 Å². The third kappa shape index (κ3) is 4.74. The number of carbonyl (C=O) groups is 3. The van der Waals surface area contributed by atoms with Gasteiger partial charge in [0.05, 0.1) is 7.11 Å². The van der Waals surface area contributed by atoms with E-state index in [1.807, 2.05) is 42.7 Å². The third-order valence-electron chi connectivity index (χ3n) is 4.83. The fraction of sp³-hybridized carbons (Fsp3) is 0.318. The fourth-order valence-electron chi connectivity index (χ4n) is 3.27. The second-order valence-electron chi connectivity index (χ2n) is 6.76. The van der Waals surface area contributed by atoms with Gasteiger partial charge in [0, 0.05) is 34.6 Å². The van der Waals surface area contributed by atoms with E-state index in [0.717, 1.165) is 21.5 Å². The highest BCUT2D eigenvalue weighted by atomic mass is 32.1. The number of methoxy groups -OCH3 is 1. The average molecular weight is 413 g/mol. The highest BCUT2D eigenvalue weighted by Gasteiger charge is 2.19. The van der Waals surface area contributed by atoms with E-state index in [2.05, 4.69) is 4.74 Å². The lowest BCUT2D eigenvalue weighted by atomic mass is 10.1. The molecule has 0 unspecified atom stereocenters. The molecule has 3 rings (SSSR count). The zero-order valence-corrected chi connectivity index (χ0v) is 17.5. The van der Waals surface area contributed by atoms with E-state index in [1.54, 1.807) is 12.1 Å². The molecule has 7 heteroatoms. The number of aryl methyl sites for hydroxylation is 1. The van der Waals surface area contributed by atoms with Crippen LogP contribution >= 0.6 is 11.3 Å². The van der Waals surface area contributed by atoms with Crippen molar-refractivity contribution in [1.29, 1.82) is 0 Å². The minimum atomic E-state index is -0.494. The van der Waals surface area contributed by atoms with Crippen LogP contribution in [0.25, 0.3) is 10.1 Å². The Balaban J connectivity index is 1.62. The largest absolute Gasteiger partial charge is 0.469 e. The summed E-state index contributed by atoms with van der Waals surface area (Å²) >= 11 is 1.35. The Labute approximate surface area is 173 Å². The highest BCUT2D eigenvalue weighted by molar-refractivity contribution is 7.20. The second kappa shape index (κ2) is 9.05. The number of fused-ring (bicyclic) bond motifs is 1. The van der Waals surface area contributed by atoms with Crippen LogP contribution in [0.5, 0.6) is 0 Å². The summed E-state index contributed by atoms with van der Waals surface area (Å²) in [5.41, 5.74) is 2.26. The average Bonchev–Trinajstić information content (AvgIpc) is 3.27. The number of benzene rings is 1.